The van der Waals surface area contributed by atoms with Crippen LogP contribution in [-0.4, -0.2) is 24.7 Å². The summed E-state index contributed by atoms with van der Waals surface area (Å²) in [7, 11) is 1.47. The summed E-state index contributed by atoms with van der Waals surface area (Å²) in [5.74, 6) is -0.233. The summed E-state index contributed by atoms with van der Waals surface area (Å²) in [6, 6.07) is 7.84. The molecular formula is C15H17FN2O3. The molecule has 0 radical (unpaired) electrons. The van der Waals surface area contributed by atoms with E-state index in [1.54, 1.807) is 32.0 Å². The van der Waals surface area contributed by atoms with Crippen molar-refractivity contribution < 1.29 is 18.4 Å². The zero-order valence-corrected chi connectivity index (χ0v) is 12.1. The van der Waals surface area contributed by atoms with Crippen molar-refractivity contribution in [1.82, 2.24) is 10.5 Å². The third-order valence-corrected chi connectivity index (χ3v) is 3.34. The molecule has 1 aromatic heterocycles. The van der Waals surface area contributed by atoms with Gasteiger partial charge in [-0.15, -0.1) is 0 Å². The summed E-state index contributed by atoms with van der Waals surface area (Å²) in [5, 5.41) is 6.31. The number of carbonyl (C=O) groups is 1. The van der Waals surface area contributed by atoms with Crippen LogP contribution in [0.5, 0.6) is 0 Å². The second kappa shape index (κ2) is 6.05. The molecule has 1 atom stereocenters. The van der Waals surface area contributed by atoms with Crippen LogP contribution in [0.2, 0.25) is 0 Å². The lowest BCUT2D eigenvalue weighted by Crippen LogP contribution is -2.40. The van der Waals surface area contributed by atoms with Crippen molar-refractivity contribution in [3.05, 3.63) is 53.2 Å². The summed E-state index contributed by atoms with van der Waals surface area (Å²) >= 11 is 0. The fourth-order valence-corrected chi connectivity index (χ4v) is 1.98. The Morgan fingerprint density at radius 1 is 1.48 bits per heavy atom. The van der Waals surface area contributed by atoms with E-state index < -0.39 is 11.5 Å². The highest BCUT2D eigenvalue weighted by molar-refractivity contribution is 5.92. The Labute approximate surface area is 122 Å². The minimum absolute atomic E-state index is 0.106. The van der Waals surface area contributed by atoms with E-state index in [-0.39, 0.29) is 18.1 Å². The van der Waals surface area contributed by atoms with Crippen molar-refractivity contribution in [3.63, 3.8) is 0 Å². The monoisotopic (exact) mass is 292 g/mol. The number of methoxy groups -OCH3 is 1. The molecule has 0 aliphatic heterocycles. The number of halogens is 1. The molecule has 5 nitrogen and oxygen atoms in total. The number of aromatic nitrogens is 1. The zero-order chi connectivity index (χ0) is 15.5. The molecule has 0 bridgehead atoms. The van der Waals surface area contributed by atoms with E-state index >= 15 is 0 Å². The summed E-state index contributed by atoms with van der Waals surface area (Å²) in [6.07, 6.45) is 0. The molecule has 1 heterocycles. The normalized spacial score (nSPS) is 13.7. The molecule has 0 fully saturated rings. The van der Waals surface area contributed by atoms with Crippen LogP contribution >= 0.6 is 0 Å². The molecule has 21 heavy (non-hydrogen) atoms. The average molecular weight is 292 g/mol. The van der Waals surface area contributed by atoms with Gasteiger partial charge < -0.3 is 14.6 Å². The number of carbonyl (C=O) groups excluding carboxylic acids is 1. The molecule has 0 unspecified atom stereocenters. The van der Waals surface area contributed by atoms with Gasteiger partial charge in [-0.25, -0.2) is 4.39 Å². The first-order valence-electron chi connectivity index (χ1n) is 6.48. The van der Waals surface area contributed by atoms with Gasteiger partial charge in [-0.1, -0.05) is 23.4 Å². The number of hydrogen-bond acceptors (Lipinski definition) is 4. The number of hydrogen-bond donors (Lipinski definition) is 1. The van der Waals surface area contributed by atoms with Crippen LogP contribution in [0.4, 0.5) is 4.39 Å². The molecular weight excluding hydrogens is 275 g/mol. The smallest absolute Gasteiger partial charge is 0.273 e. The van der Waals surface area contributed by atoms with E-state index in [4.69, 9.17) is 9.26 Å². The van der Waals surface area contributed by atoms with Crippen LogP contribution in [0.25, 0.3) is 0 Å². The van der Waals surface area contributed by atoms with Crippen molar-refractivity contribution >= 4 is 5.91 Å². The fraction of sp³-hybridized carbons (Fsp3) is 0.333. The van der Waals surface area contributed by atoms with Crippen LogP contribution < -0.4 is 5.32 Å². The molecule has 0 saturated heterocycles. The van der Waals surface area contributed by atoms with Gasteiger partial charge in [-0.2, -0.15) is 0 Å². The third-order valence-electron chi connectivity index (χ3n) is 3.34. The standard InChI is InChI=1S/C15H17FN2O3/c1-10-8-13(18-21-10)14(19)17-9-15(2,20-3)11-6-4-5-7-12(11)16/h4-8H,9H2,1-3H3,(H,17,19)/t15-/m1/s1. The van der Waals surface area contributed by atoms with E-state index in [1.165, 1.54) is 19.2 Å². The van der Waals surface area contributed by atoms with Crippen LogP contribution in [0.3, 0.4) is 0 Å². The van der Waals surface area contributed by atoms with Gasteiger partial charge in [0, 0.05) is 18.7 Å². The summed E-state index contributed by atoms with van der Waals surface area (Å²) in [4.78, 5) is 12.0. The molecule has 0 saturated carbocycles. The minimum Gasteiger partial charge on any atom is -0.372 e. The zero-order valence-electron chi connectivity index (χ0n) is 12.1. The van der Waals surface area contributed by atoms with E-state index in [0.717, 1.165) is 0 Å². The Bertz CT molecular complexity index is 641. The lowest BCUT2D eigenvalue weighted by Gasteiger charge is -2.29. The Kier molecular flexibility index (Phi) is 4.37. The van der Waals surface area contributed by atoms with Gasteiger partial charge in [0.1, 0.15) is 17.2 Å². The lowest BCUT2D eigenvalue weighted by molar-refractivity contribution is 0.000320. The summed E-state index contributed by atoms with van der Waals surface area (Å²) in [6.45, 7) is 3.51. The maximum atomic E-state index is 13.9. The Morgan fingerprint density at radius 3 is 2.76 bits per heavy atom. The average Bonchev–Trinajstić information content (AvgIpc) is 2.91. The van der Waals surface area contributed by atoms with Crippen LogP contribution in [-0.2, 0) is 10.3 Å². The number of nitrogens with zero attached hydrogens (tertiary/aromatic N) is 1. The van der Waals surface area contributed by atoms with Crippen molar-refractivity contribution in [2.24, 2.45) is 0 Å². The second-order valence-electron chi connectivity index (χ2n) is 4.92. The second-order valence-corrected chi connectivity index (χ2v) is 4.92. The highest BCUT2D eigenvalue weighted by atomic mass is 19.1. The number of amides is 1. The Balaban J connectivity index is 2.12. The predicted octanol–water partition coefficient (Wildman–Crippen LogP) is 2.41. The largest absolute Gasteiger partial charge is 0.372 e. The van der Waals surface area contributed by atoms with Gasteiger partial charge in [0.2, 0.25) is 0 Å². The van der Waals surface area contributed by atoms with E-state index in [9.17, 15) is 9.18 Å². The fourth-order valence-electron chi connectivity index (χ4n) is 1.98. The molecule has 1 aromatic carbocycles. The number of rotatable bonds is 5. The van der Waals surface area contributed by atoms with Crippen LogP contribution in [0.15, 0.2) is 34.9 Å². The van der Waals surface area contributed by atoms with Gasteiger partial charge in [-0.3, -0.25) is 4.79 Å². The maximum absolute atomic E-state index is 13.9. The molecule has 112 valence electrons. The van der Waals surface area contributed by atoms with Crippen molar-refractivity contribution in [1.29, 1.82) is 0 Å². The van der Waals surface area contributed by atoms with Gasteiger partial charge in [0.25, 0.3) is 5.91 Å². The van der Waals surface area contributed by atoms with Gasteiger partial charge in [0.05, 0.1) is 6.54 Å². The molecule has 0 aliphatic carbocycles. The maximum Gasteiger partial charge on any atom is 0.273 e. The van der Waals surface area contributed by atoms with Gasteiger partial charge >= 0.3 is 0 Å². The first kappa shape index (κ1) is 15.2. The quantitative estimate of drug-likeness (QED) is 0.919. The first-order valence-corrected chi connectivity index (χ1v) is 6.48. The van der Waals surface area contributed by atoms with Crippen molar-refractivity contribution in [3.8, 4) is 0 Å². The molecule has 1 N–H and O–H groups in total. The molecule has 2 aromatic rings. The number of ether oxygens (including phenoxy) is 1. The molecule has 2 rings (SSSR count). The lowest BCUT2D eigenvalue weighted by atomic mass is 9.95. The highest BCUT2D eigenvalue weighted by Crippen LogP contribution is 2.26. The van der Waals surface area contributed by atoms with Crippen molar-refractivity contribution in [2.75, 3.05) is 13.7 Å². The number of aryl methyl sites for hydroxylation is 1. The molecule has 0 aliphatic rings. The van der Waals surface area contributed by atoms with Crippen LogP contribution in [0, 0.1) is 12.7 Å². The van der Waals surface area contributed by atoms with E-state index in [0.29, 0.717) is 11.3 Å². The molecule has 1 amide bonds. The molecule has 6 heteroatoms. The summed E-state index contributed by atoms with van der Waals surface area (Å²) < 4.78 is 24.1. The SMILES string of the molecule is CO[C@](C)(CNC(=O)c1cc(C)on1)c1ccccc1F. The van der Waals surface area contributed by atoms with Gasteiger partial charge in [0.15, 0.2) is 5.69 Å². The summed E-state index contributed by atoms with van der Waals surface area (Å²) in [5.41, 5.74) is -0.414. The van der Waals surface area contributed by atoms with Crippen LogP contribution in [0.1, 0.15) is 28.7 Å². The topological polar surface area (TPSA) is 64.4 Å². The first-order chi connectivity index (χ1) is 9.96. The number of benzene rings is 1. The Morgan fingerprint density at radius 2 is 2.19 bits per heavy atom. The number of nitrogens with one attached hydrogen (secondary N) is 1. The highest BCUT2D eigenvalue weighted by Gasteiger charge is 2.30. The third kappa shape index (κ3) is 3.28. The van der Waals surface area contributed by atoms with Gasteiger partial charge in [-0.05, 0) is 19.9 Å². The van der Waals surface area contributed by atoms with E-state index in [1.807, 2.05) is 0 Å². The predicted molar refractivity (Wildman–Crippen MR) is 74.3 cm³/mol. The molecule has 0 spiro atoms. The van der Waals surface area contributed by atoms with E-state index in [2.05, 4.69) is 10.5 Å². The van der Waals surface area contributed by atoms with Crippen molar-refractivity contribution in [2.45, 2.75) is 19.4 Å². The Hall–Kier alpha value is -2.21. The minimum atomic E-state index is -0.972.